The smallest absolute Gasteiger partial charge is 0.228 e. The molecule has 0 radical (unpaired) electrons. The molecular weight excluding hydrogens is 254 g/mol. The van der Waals surface area contributed by atoms with Gasteiger partial charge in [0.05, 0.1) is 0 Å². The van der Waals surface area contributed by atoms with Crippen LogP contribution in [0.5, 0.6) is 0 Å². The molecule has 5 heteroatoms. The van der Waals surface area contributed by atoms with Crippen LogP contribution in [-0.4, -0.2) is 29.3 Å². The van der Waals surface area contributed by atoms with Crippen LogP contribution in [0.2, 0.25) is 0 Å². The van der Waals surface area contributed by atoms with Crippen LogP contribution >= 0.6 is 0 Å². The minimum atomic E-state index is -0.322. The van der Waals surface area contributed by atoms with Gasteiger partial charge in [-0.1, -0.05) is 24.4 Å². The molecule has 0 unspecified atom stereocenters. The minimum absolute atomic E-state index is 0.111. The van der Waals surface area contributed by atoms with E-state index in [0.717, 1.165) is 31.6 Å². The number of hydrogen-bond acceptors (Lipinski definition) is 5. The van der Waals surface area contributed by atoms with Crippen molar-refractivity contribution >= 4 is 0 Å². The van der Waals surface area contributed by atoms with Gasteiger partial charge in [0.2, 0.25) is 11.7 Å². The van der Waals surface area contributed by atoms with Crippen LogP contribution in [-0.2, 0) is 16.8 Å². The van der Waals surface area contributed by atoms with Gasteiger partial charge < -0.3 is 14.6 Å². The molecule has 0 atom stereocenters. The number of nitrogens with one attached hydrogen (secondary N) is 1. The first-order chi connectivity index (χ1) is 9.45. The Morgan fingerprint density at radius 2 is 1.95 bits per heavy atom. The second-order valence-electron chi connectivity index (χ2n) is 6.70. The number of nitrogens with zero attached hydrogens (tertiary/aromatic N) is 2. The molecule has 0 aromatic carbocycles. The van der Waals surface area contributed by atoms with E-state index in [1.807, 2.05) is 0 Å². The summed E-state index contributed by atoms with van der Waals surface area (Å²) in [5, 5.41) is 7.58. The number of rotatable bonds is 5. The molecule has 5 nitrogen and oxygen atoms in total. The van der Waals surface area contributed by atoms with Crippen LogP contribution in [0.1, 0.15) is 64.6 Å². The maximum absolute atomic E-state index is 5.74. The van der Waals surface area contributed by atoms with Crippen LogP contribution in [0.25, 0.3) is 0 Å². The molecule has 1 saturated carbocycles. The van der Waals surface area contributed by atoms with Gasteiger partial charge in [0.25, 0.3) is 0 Å². The highest BCUT2D eigenvalue weighted by molar-refractivity contribution is 5.03. The summed E-state index contributed by atoms with van der Waals surface area (Å²) in [5.41, 5.74) is -0.211. The summed E-state index contributed by atoms with van der Waals surface area (Å²) < 4.78 is 11.1. The van der Waals surface area contributed by atoms with Gasteiger partial charge >= 0.3 is 0 Å². The fourth-order valence-electron chi connectivity index (χ4n) is 2.73. The number of hydrogen-bond donors (Lipinski definition) is 1. The van der Waals surface area contributed by atoms with E-state index >= 15 is 0 Å². The number of methoxy groups -OCH3 is 1. The Morgan fingerprint density at radius 3 is 2.55 bits per heavy atom. The largest absolute Gasteiger partial charge is 0.370 e. The lowest BCUT2D eigenvalue weighted by molar-refractivity contribution is -0.0527. The molecule has 20 heavy (non-hydrogen) atoms. The first-order valence-corrected chi connectivity index (χ1v) is 7.58. The summed E-state index contributed by atoms with van der Waals surface area (Å²) in [6.07, 6.45) is 6.34. The maximum atomic E-state index is 5.74. The molecule has 2 rings (SSSR count). The Hall–Kier alpha value is -0.940. The molecule has 1 heterocycles. The molecule has 0 aliphatic heterocycles. The van der Waals surface area contributed by atoms with Gasteiger partial charge in [-0.25, -0.2) is 0 Å². The molecule has 0 bridgehead atoms. The van der Waals surface area contributed by atoms with Crippen molar-refractivity contribution in [2.45, 2.75) is 70.4 Å². The summed E-state index contributed by atoms with van der Waals surface area (Å²) in [4.78, 5) is 4.55. The van der Waals surface area contributed by atoms with Crippen molar-refractivity contribution < 1.29 is 9.26 Å². The Labute approximate surface area is 121 Å². The third-order valence-electron chi connectivity index (χ3n) is 3.92. The fourth-order valence-corrected chi connectivity index (χ4v) is 2.73. The minimum Gasteiger partial charge on any atom is -0.370 e. The summed E-state index contributed by atoms with van der Waals surface area (Å²) in [5.74, 6) is 1.42. The summed E-state index contributed by atoms with van der Waals surface area (Å²) in [6, 6.07) is 0. The molecule has 114 valence electrons. The SMILES string of the molecule is COC1(c2noc(CCNC(C)(C)C)n2)CCCCC1. The first-order valence-electron chi connectivity index (χ1n) is 7.58. The average Bonchev–Trinajstić information content (AvgIpc) is 2.87. The van der Waals surface area contributed by atoms with Crippen molar-refractivity contribution in [2.24, 2.45) is 0 Å². The highest BCUT2D eigenvalue weighted by atomic mass is 16.5. The topological polar surface area (TPSA) is 60.2 Å². The van der Waals surface area contributed by atoms with E-state index < -0.39 is 0 Å². The van der Waals surface area contributed by atoms with Gasteiger partial charge in [-0.3, -0.25) is 0 Å². The Kier molecular flexibility index (Phi) is 4.81. The molecule has 1 N–H and O–H groups in total. The van der Waals surface area contributed by atoms with E-state index in [4.69, 9.17) is 9.26 Å². The van der Waals surface area contributed by atoms with E-state index in [1.54, 1.807) is 7.11 Å². The van der Waals surface area contributed by atoms with Crippen molar-refractivity contribution in [3.8, 4) is 0 Å². The molecule has 0 amide bonds. The van der Waals surface area contributed by atoms with Crippen LogP contribution in [0.4, 0.5) is 0 Å². The van der Waals surface area contributed by atoms with E-state index in [1.165, 1.54) is 19.3 Å². The zero-order valence-electron chi connectivity index (χ0n) is 13.2. The molecule has 1 aromatic heterocycles. The molecule has 1 fully saturated rings. The molecule has 1 aliphatic carbocycles. The van der Waals surface area contributed by atoms with Crippen molar-refractivity contribution in [3.63, 3.8) is 0 Å². The molecule has 1 aliphatic rings. The lowest BCUT2D eigenvalue weighted by Crippen LogP contribution is -2.37. The standard InChI is InChI=1S/C15H27N3O2/c1-14(2,3)16-11-8-12-17-13(18-20-12)15(19-4)9-6-5-7-10-15/h16H,5-11H2,1-4H3. The Balaban J connectivity index is 1.97. The Morgan fingerprint density at radius 1 is 1.25 bits per heavy atom. The molecular formula is C15H27N3O2. The van der Waals surface area contributed by atoms with Crippen LogP contribution in [0, 0.1) is 0 Å². The Bertz CT molecular complexity index is 417. The van der Waals surface area contributed by atoms with Crippen LogP contribution < -0.4 is 5.32 Å². The number of aromatic nitrogens is 2. The van der Waals surface area contributed by atoms with E-state index in [-0.39, 0.29) is 11.1 Å². The third kappa shape index (κ3) is 3.79. The van der Waals surface area contributed by atoms with Gasteiger partial charge in [0.1, 0.15) is 5.60 Å². The highest BCUT2D eigenvalue weighted by Gasteiger charge is 2.38. The van der Waals surface area contributed by atoms with Gasteiger partial charge in [-0.05, 0) is 33.6 Å². The predicted molar refractivity (Wildman–Crippen MR) is 77.5 cm³/mol. The van der Waals surface area contributed by atoms with Crippen molar-refractivity contribution in [2.75, 3.05) is 13.7 Å². The van der Waals surface area contributed by atoms with Crippen LogP contribution in [0.15, 0.2) is 4.52 Å². The zero-order chi connectivity index (χ0) is 14.6. The lowest BCUT2D eigenvalue weighted by atomic mass is 9.84. The lowest BCUT2D eigenvalue weighted by Gasteiger charge is -2.32. The van der Waals surface area contributed by atoms with Gasteiger partial charge in [-0.15, -0.1) is 0 Å². The van der Waals surface area contributed by atoms with E-state index in [0.29, 0.717) is 5.89 Å². The zero-order valence-corrected chi connectivity index (χ0v) is 13.2. The quantitative estimate of drug-likeness (QED) is 0.899. The summed E-state index contributed by atoms with van der Waals surface area (Å²) >= 11 is 0. The van der Waals surface area contributed by atoms with Crippen molar-refractivity contribution in [1.29, 1.82) is 0 Å². The second kappa shape index (κ2) is 6.22. The first kappa shape index (κ1) is 15.4. The number of ether oxygens (including phenoxy) is 1. The van der Waals surface area contributed by atoms with Gasteiger partial charge in [-0.2, -0.15) is 4.98 Å². The monoisotopic (exact) mass is 281 g/mol. The van der Waals surface area contributed by atoms with E-state index in [2.05, 4.69) is 36.2 Å². The highest BCUT2D eigenvalue weighted by Crippen LogP contribution is 2.38. The summed E-state index contributed by atoms with van der Waals surface area (Å²) in [7, 11) is 1.75. The van der Waals surface area contributed by atoms with Gasteiger partial charge in [0.15, 0.2) is 0 Å². The van der Waals surface area contributed by atoms with Crippen molar-refractivity contribution in [3.05, 3.63) is 11.7 Å². The molecule has 1 aromatic rings. The summed E-state index contributed by atoms with van der Waals surface area (Å²) in [6.45, 7) is 7.28. The average molecular weight is 281 g/mol. The van der Waals surface area contributed by atoms with E-state index in [9.17, 15) is 0 Å². The normalized spacial score (nSPS) is 19.2. The van der Waals surface area contributed by atoms with Crippen molar-refractivity contribution in [1.82, 2.24) is 15.5 Å². The van der Waals surface area contributed by atoms with Crippen LogP contribution in [0.3, 0.4) is 0 Å². The molecule has 0 spiro atoms. The third-order valence-corrected chi connectivity index (χ3v) is 3.92. The predicted octanol–water partition coefficient (Wildman–Crippen LogP) is 2.81. The maximum Gasteiger partial charge on any atom is 0.228 e. The van der Waals surface area contributed by atoms with Gasteiger partial charge in [0, 0.05) is 25.6 Å². The fraction of sp³-hybridized carbons (Fsp3) is 0.867. The second-order valence-corrected chi connectivity index (χ2v) is 6.70. The molecule has 0 saturated heterocycles.